The number of nitrogens with one attached hydrogen (secondary N) is 2. The van der Waals surface area contributed by atoms with Crippen LogP contribution < -0.4 is 10.6 Å². The smallest absolute Gasteiger partial charge is 0.265 e. The Labute approximate surface area is 135 Å². The summed E-state index contributed by atoms with van der Waals surface area (Å²) in [5.41, 5.74) is 1.82. The van der Waals surface area contributed by atoms with E-state index >= 15 is 0 Å². The zero-order valence-electron chi connectivity index (χ0n) is 13.2. The number of aromatic nitrogens is 2. The summed E-state index contributed by atoms with van der Waals surface area (Å²) in [5.74, 6) is 0.304. The molecule has 118 valence electrons. The SMILES string of the molecule is CCc1nnsc1C(=O)NCC(Nc1ccccc1)C(C)C. The molecule has 2 rings (SSSR count). The van der Waals surface area contributed by atoms with E-state index in [2.05, 4.69) is 34.1 Å². The van der Waals surface area contributed by atoms with Gasteiger partial charge in [-0.3, -0.25) is 4.79 Å². The summed E-state index contributed by atoms with van der Waals surface area (Å²) in [7, 11) is 0. The highest BCUT2D eigenvalue weighted by Gasteiger charge is 2.18. The van der Waals surface area contributed by atoms with Crippen LogP contribution in [-0.2, 0) is 6.42 Å². The Kier molecular flexibility index (Phi) is 5.89. The normalized spacial score (nSPS) is 12.2. The summed E-state index contributed by atoms with van der Waals surface area (Å²) >= 11 is 1.15. The molecule has 0 saturated carbocycles. The first-order chi connectivity index (χ1) is 10.6. The van der Waals surface area contributed by atoms with E-state index < -0.39 is 0 Å². The lowest BCUT2D eigenvalue weighted by Gasteiger charge is -2.23. The molecule has 0 aliphatic heterocycles. The largest absolute Gasteiger partial charge is 0.380 e. The van der Waals surface area contributed by atoms with Crippen molar-refractivity contribution in [2.24, 2.45) is 5.92 Å². The Morgan fingerprint density at radius 2 is 2.00 bits per heavy atom. The van der Waals surface area contributed by atoms with Crippen molar-refractivity contribution in [2.75, 3.05) is 11.9 Å². The number of hydrogen-bond acceptors (Lipinski definition) is 5. The number of carbonyl (C=O) groups excluding carboxylic acids is 1. The van der Waals surface area contributed by atoms with Crippen LogP contribution in [0.15, 0.2) is 30.3 Å². The maximum Gasteiger partial charge on any atom is 0.265 e. The van der Waals surface area contributed by atoms with Crippen LogP contribution in [-0.4, -0.2) is 28.1 Å². The lowest BCUT2D eigenvalue weighted by Crippen LogP contribution is -2.39. The Morgan fingerprint density at radius 3 is 2.64 bits per heavy atom. The van der Waals surface area contributed by atoms with E-state index in [9.17, 15) is 4.79 Å². The third-order valence-electron chi connectivity index (χ3n) is 3.51. The fourth-order valence-electron chi connectivity index (χ4n) is 2.10. The summed E-state index contributed by atoms with van der Waals surface area (Å²) in [6, 6.07) is 10.2. The highest BCUT2D eigenvalue weighted by Crippen LogP contribution is 2.13. The molecule has 1 aromatic carbocycles. The van der Waals surface area contributed by atoms with Crippen LogP contribution in [0.2, 0.25) is 0 Å². The number of para-hydroxylation sites is 1. The van der Waals surface area contributed by atoms with Gasteiger partial charge in [-0.1, -0.05) is 43.5 Å². The number of carbonyl (C=O) groups is 1. The minimum atomic E-state index is -0.0904. The summed E-state index contributed by atoms with van der Waals surface area (Å²) in [4.78, 5) is 12.9. The van der Waals surface area contributed by atoms with Gasteiger partial charge in [0, 0.05) is 18.3 Å². The molecule has 0 aliphatic carbocycles. The molecular formula is C16H22N4OS. The van der Waals surface area contributed by atoms with E-state index in [0.717, 1.165) is 29.3 Å². The van der Waals surface area contributed by atoms with Gasteiger partial charge in [-0.25, -0.2) is 0 Å². The zero-order chi connectivity index (χ0) is 15.9. The first kappa shape index (κ1) is 16.4. The highest BCUT2D eigenvalue weighted by atomic mass is 32.1. The number of nitrogens with zero attached hydrogens (tertiary/aromatic N) is 2. The monoisotopic (exact) mass is 318 g/mol. The van der Waals surface area contributed by atoms with E-state index in [1.54, 1.807) is 0 Å². The number of benzene rings is 1. The summed E-state index contributed by atoms with van der Waals surface area (Å²) in [6.07, 6.45) is 0.717. The minimum absolute atomic E-state index is 0.0904. The molecule has 0 spiro atoms. The van der Waals surface area contributed by atoms with E-state index in [4.69, 9.17) is 0 Å². The van der Waals surface area contributed by atoms with Crippen molar-refractivity contribution >= 4 is 23.1 Å². The second-order valence-corrected chi connectivity index (χ2v) is 6.23. The van der Waals surface area contributed by atoms with Crippen LogP contribution in [0.25, 0.3) is 0 Å². The molecule has 5 nitrogen and oxygen atoms in total. The number of anilines is 1. The third kappa shape index (κ3) is 4.27. The quantitative estimate of drug-likeness (QED) is 0.823. The van der Waals surface area contributed by atoms with Gasteiger partial charge < -0.3 is 10.6 Å². The molecular weight excluding hydrogens is 296 g/mol. The minimum Gasteiger partial charge on any atom is -0.380 e. The second kappa shape index (κ2) is 7.89. The van der Waals surface area contributed by atoms with Crippen LogP contribution in [0.3, 0.4) is 0 Å². The lowest BCUT2D eigenvalue weighted by atomic mass is 10.0. The predicted molar refractivity (Wildman–Crippen MR) is 90.3 cm³/mol. The van der Waals surface area contributed by atoms with E-state index in [-0.39, 0.29) is 11.9 Å². The van der Waals surface area contributed by atoms with Gasteiger partial charge in [-0.15, -0.1) is 5.10 Å². The summed E-state index contributed by atoms with van der Waals surface area (Å²) < 4.78 is 3.86. The van der Waals surface area contributed by atoms with Gasteiger partial charge in [0.1, 0.15) is 4.88 Å². The summed E-state index contributed by atoms with van der Waals surface area (Å²) in [6.45, 7) is 6.81. The Hall–Kier alpha value is -1.95. The van der Waals surface area contributed by atoms with Crippen molar-refractivity contribution in [2.45, 2.75) is 33.2 Å². The molecule has 1 heterocycles. The molecule has 0 saturated heterocycles. The van der Waals surface area contributed by atoms with E-state index in [1.165, 1.54) is 0 Å². The molecule has 0 fully saturated rings. The lowest BCUT2D eigenvalue weighted by molar-refractivity contribution is 0.0953. The molecule has 6 heteroatoms. The molecule has 1 unspecified atom stereocenters. The summed E-state index contributed by atoms with van der Waals surface area (Å²) in [5, 5.41) is 10.4. The van der Waals surface area contributed by atoms with Gasteiger partial charge in [0.05, 0.1) is 5.69 Å². The molecule has 0 aliphatic rings. The van der Waals surface area contributed by atoms with Crippen molar-refractivity contribution in [3.8, 4) is 0 Å². The molecule has 1 atom stereocenters. The number of amides is 1. The number of hydrogen-bond donors (Lipinski definition) is 2. The van der Waals surface area contributed by atoms with Gasteiger partial charge >= 0.3 is 0 Å². The maximum absolute atomic E-state index is 12.3. The van der Waals surface area contributed by atoms with E-state index in [0.29, 0.717) is 17.3 Å². The van der Waals surface area contributed by atoms with Crippen LogP contribution in [0.1, 0.15) is 36.1 Å². The number of aryl methyl sites for hydroxylation is 1. The Balaban J connectivity index is 1.96. The molecule has 2 N–H and O–H groups in total. The molecule has 0 bridgehead atoms. The van der Waals surface area contributed by atoms with Gasteiger partial charge in [0.25, 0.3) is 5.91 Å². The van der Waals surface area contributed by atoms with Crippen LogP contribution >= 0.6 is 11.5 Å². The van der Waals surface area contributed by atoms with Crippen molar-refractivity contribution < 1.29 is 4.79 Å². The molecule has 1 amide bonds. The molecule has 22 heavy (non-hydrogen) atoms. The fourth-order valence-corrected chi connectivity index (χ4v) is 2.76. The molecule has 1 aromatic heterocycles. The van der Waals surface area contributed by atoms with Crippen molar-refractivity contribution in [3.63, 3.8) is 0 Å². The van der Waals surface area contributed by atoms with E-state index in [1.807, 2.05) is 37.3 Å². The second-order valence-electron chi connectivity index (χ2n) is 5.47. The topological polar surface area (TPSA) is 66.9 Å². The highest BCUT2D eigenvalue weighted by molar-refractivity contribution is 7.08. The predicted octanol–water partition coefficient (Wildman–Crippen LogP) is 2.97. The molecule has 2 aromatic rings. The van der Waals surface area contributed by atoms with Crippen LogP contribution in [0.5, 0.6) is 0 Å². The van der Waals surface area contributed by atoms with Gasteiger partial charge in [0.2, 0.25) is 0 Å². The average Bonchev–Trinajstić information content (AvgIpc) is 3.00. The molecule has 0 radical (unpaired) electrons. The maximum atomic E-state index is 12.3. The Bertz CT molecular complexity index is 597. The van der Waals surface area contributed by atoms with Gasteiger partial charge in [0.15, 0.2) is 0 Å². The van der Waals surface area contributed by atoms with Crippen LogP contribution in [0.4, 0.5) is 5.69 Å². The first-order valence-electron chi connectivity index (χ1n) is 7.52. The van der Waals surface area contributed by atoms with Crippen molar-refractivity contribution in [3.05, 3.63) is 40.9 Å². The standard InChI is InChI=1S/C16H22N4OS/c1-4-13-15(22-20-19-13)16(21)17-10-14(11(2)3)18-12-8-6-5-7-9-12/h5-9,11,14,18H,4,10H2,1-3H3,(H,17,21). The Morgan fingerprint density at radius 1 is 1.27 bits per heavy atom. The number of rotatable bonds is 7. The van der Waals surface area contributed by atoms with Gasteiger partial charge in [-0.2, -0.15) is 0 Å². The van der Waals surface area contributed by atoms with Gasteiger partial charge in [-0.05, 0) is 36.0 Å². The third-order valence-corrected chi connectivity index (χ3v) is 4.28. The first-order valence-corrected chi connectivity index (χ1v) is 8.30. The van der Waals surface area contributed by atoms with Crippen molar-refractivity contribution in [1.29, 1.82) is 0 Å². The zero-order valence-corrected chi connectivity index (χ0v) is 14.0. The van der Waals surface area contributed by atoms with Crippen molar-refractivity contribution in [1.82, 2.24) is 14.9 Å². The fraction of sp³-hybridized carbons (Fsp3) is 0.438. The van der Waals surface area contributed by atoms with Crippen LogP contribution in [0, 0.1) is 5.92 Å². The average molecular weight is 318 g/mol.